The van der Waals surface area contributed by atoms with Crippen LogP contribution in [0.4, 0.5) is 10.1 Å². The molecule has 0 saturated carbocycles. The quantitative estimate of drug-likeness (QED) is 0.871. The summed E-state index contributed by atoms with van der Waals surface area (Å²) in [4.78, 5) is 14.0. The van der Waals surface area contributed by atoms with Crippen molar-refractivity contribution in [2.45, 2.75) is 25.4 Å². The van der Waals surface area contributed by atoms with Crippen LogP contribution in [0.5, 0.6) is 0 Å². The van der Waals surface area contributed by atoms with Crippen molar-refractivity contribution in [1.82, 2.24) is 10.2 Å². The lowest BCUT2D eigenvalue weighted by molar-refractivity contribution is -0.117. The first-order valence-corrected chi connectivity index (χ1v) is 6.32. The van der Waals surface area contributed by atoms with Gasteiger partial charge < -0.3 is 15.5 Å². The monoisotopic (exact) mass is 265 g/mol. The van der Waals surface area contributed by atoms with Gasteiger partial charge in [0, 0.05) is 23.3 Å². The Morgan fingerprint density at radius 2 is 2.11 bits per heavy atom. The molecule has 0 saturated heterocycles. The molecule has 19 heavy (non-hydrogen) atoms. The van der Waals surface area contributed by atoms with Crippen molar-refractivity contribution in [2.24, 2.45) is 0 Å². The summed E-state index contributed by atoms with van der Waals surface area (Å²) in [5, 5.41) is 5.97. The molecule has 0 spiro atoms. The Morgan fingerprint density at radius 1 is 1.42 bits per heavy atom. The molecule has 0 bridgehead atoms. The predicted octanol–water partition coefficient (Wildman–Crippen LogP) is 1.75. The highest BCUT2D eigenvalue weighted by atomic mass is 19.1. The molecule has 4 nitrogen and oxygen atoms in total. The molecule has 1 aliphatic rings. The molecule has 1 atom stereocenters. The zero-order valence-electron chi connectivity index (χ0n) is 11.7. The molecule has 104 valence electrons. The number of carbonyl (C=O) groups excluding carboxylic acids is 1. The lowest BCUT2D eigenvalue weighted by Gasteiger charge is -2.33. The second-order valence-corrected chi connectivity index (χ2v) is 5.74. The van der Waals surface area contributed by atoms with E-state index >= 15 is 0 Å². The van der Waals surface area contributed by atoms with E-state index in [1.54, 1.807) is 6.07 Å². The molecule has 0 aliphatic carbocycles. The van der Waals surface area contributed by atoms with E-state index in [1.807, 2.05) is 14.1 Å². The van der Waals surface area contributed by atoms with Gasteiger partial charge in [0.05, 0.1) is 0 Å². The minimum absolute atomic E-state index is 0.0869. The summed E-state index contributed by atoms with van der Waals surface area (Å²) in [7, 11) is 3.98. The molecular formula is C14H20FN3O. The van der Waals surface area contributed by atoms with Crippen molar-refractivity contribution >= 4 is 11.6 Å². The normalized spacial score (nSPS) is 18.6. The largest absolute Gasteiger partial charge is 0.324 e. The molecule has 0 fully saturated rings. The van der Waals surface area contributed by atoms with E-state index in [9.17, 15) is 9.18 Å². The average molecular weight is 265 g/mol. The van der Waals surface area contributed by atoms with Crippen LogP contribution in [0.2, 0.25) is 0 Å². The molecule has 0 aromatic heterocycles. The molecule has 1 aliphatic heterocycles. The van der Waals surface area contributed by atoms with Gasteiger partial charge in [-0.15, -0.1) is 0 Å². The number of amides is 1. The number of nitrogens with zero attached hydrogens (tertiary/aromatic N) is 1. The third-order valence-electron chi connectivity index (χ3n) is 3.79. The van der Waals surface area contributed by atoms with Gasteiger partial charge >= 0.3 is 0 Å². The number of rotatable bonds is 4. The Bertz CT molecular complexity index is 499. The average Bonchev–Trinajstić information content (AvgIpc) is 2.62. The van der Waals surface area contributed by atoms with Crippen LogP contribution in [0, 0.1) is 5.82 Å². The number of fused-ring (bicyclic) bond motifs is 1. The second-order valence-electron chi connectivity index (χ2n) is 5.74. The van der Waals surface area contributed by atoms with Gasteiger partial charge in [-0.3, -0.25) is 4.79 Å². The van der Waals surface area contributed by atoms with E-state index in [2.05, 4.69) is 29.4 Å². The van der Waals surface area contributed by atoms with E-state index < -0.39 is 6.04 Å². The molecule has 1 aromatic rings. The van der Waals surface area contributed by atoms with Crippen molar-refractivity contribution in [1.29, 1.82) is 0 Å². The Labute approximate surface area is 113 Å². The first kappa shape index (κ1) is 14.0. The minimum atomic E-state index is -0.482. The fraction of sp³-hybridized carbons (Fsp3) is 0.500. The van der Waals surface area contributed by atoms with Crippen LogP contribution in [0.25, 0.3) is 0 Å². The summed E-state index contributed by atoms with van der Waals surface area (Å²) in [6.07, 6.45) is 0. The number of benzene rings is 1. The van der Waals surface area contributed by atoms with Crippen molar-refractivity contribution < 1.29 is 9.18 Å². The zero-order chi connectivity index (χ0) is 14.2. The number of likely N-dealkylation sites (N-methyl/N-ethyl adjacent to an activating group) is 1. The molecule has 0 radical (unpaired) electrons. The summed E-state index contributed by atoms with van der Waals surface area (Å²) in [5.74, 6) is -0.455. The van der Waals surface area contributed by atoms with Crippen LogP contribution in [-0.4, -0.2) is 37.0 Å². The standard InChI is InChI=1S/C14H20FN3O/c1-14(2,18(3)4)8-16-12-10-7-9(15)5-6-11(10)17-13(12)19/h5-7,12,16H,8H2,1-4H3,(H,17,19). The Balaban J connectivity index is 2.14. The summed E-state index contributed by atoms with van der Waals surface area (Å²) in [6.45, 7) is 4.80. The van der Waals surface area contributed by atoms with Crippen molar-refractivity contribution in [3.05, 3.63) is 29.6 Å². The van der Waals surface area contributed by atoms with Crippen LogP contribution in [0.1, 0.15) is 25.5 Å². The minimum Gasteiger partial charge on any atom is -0.324 e. The van der Waals surface area contributed by atoms with Crippen LogP contribution >= 0.6 is 0 Å². The van der Waals surface area contributed by atoms with Gasteiger partial charge in [-0.1, -0.05) is 0 Å². The van der Waals surface area contributed by atoms with Gasteiger partial charge in [0.25, 0.3) is 0 Å². The maximum atomic E-state index is 13.3. The van der Waals surface area contributed by atoms with Gasteiger partial charge in [-0.2, -0.15) is 0 Å². The molecule has 1 unspecified atom stereocenters. The molecule has 1 amide bonds. The summed E-state index contributed by atoms with van der Waals surface area (Å²) in [6, 6.07) is 3.88. The summed E-state index contributed by atoms with van der Waals surface area (Å²) >= 11 is 0. The van der Waals surface area contributed by atoms with Crippen molar-refractivity contribution in [3.8, 4) is 0 Å². The van der Waals surface area contributed by atoms with E-state index in [1.165, 1.54) is 12.1 Å². The molecule has 5 heteroatoms. The van der Waals surface area contributed by atoms with E-state index in [0.29, 0.717) is 17.8 Å². The highest BCUT2D eigenvalue weighted by molar-refractivity contribution is 6.02. The van der Waals surface area contributed by atoms with Gasteiger partial charge in [0.2, 0.25) is 5.91 Å². The van der Waals surface area contributed by atoms with Gasteiger partial charge in [0.1, 0.15) is 11.9 Å². The van der Waals surface area contributed by atoms with Crippen molar-refractivity contribution in [2.75, 3.05) is 26.0 Å². The Kier molecular flexibility index (Phi) is 3.60. The van der Waals surface area contributed by atoms with Gasteiger partial charge in [-0.05, 0) is 46.1 Å². The molecule has 2 rings (SSSR count). The number of halogens is 1. The molecule has 2 N–H and O–H groups in total. The smallest absolute Gasteiger partial charge is 0.246 e. The first-order valence-electron chi connectivity index (χ1n) is 6.32. The fourth-order valence-corrected chi connectivity index (χ4v) is 1.94. The second kappa shape index (κ2) is 4.90. The topological polar surface area (TPSA) is 44.4 Å². The maximum Gasteiger partial charge on any atom is 0.246 e. The van der Waals surface area contributed by atoms with E-state index in [-0.39, 0.29) is 17.3 Å². The number of anilines is 1. The van der Waals surface area contributed by atoms with Crippen LogP contribution in [0.15, 0.2) is 18.2 Å². The number of hydrogen-bond acceptors (Lipinski definition) is 3. The number of nitrogens with one attached hydrogen (secondary N) is 2. The third kappa shape index (κ3) is 2.77. The predicted molar refractivity (Wildman–Crippen MR) is 73.5 cm³/mol. The SMILES string of the molecule is CN(C)C(C)(C)CNC1C(=O)Nc2ccc(F)cc21. The lowest BCUT2D eigenvalue weighted by atomic mass is 10.0. The fourth-order valence-electron chi connectivity index (χ4n) is 1.94. The highest BCUT2D eigenvalue weighted by Crippen LogP contribution is 2.31. The third-order valence-corrected chi connectivity index (χ3v) is 3.79. The molecular weight excluding hydrogens is 245 g/mol. The van der Waals surface area contributed by atoms with Crippen LogP contribution < -0.4 is 10.6 Å². The highest BCUT2D eigenvalue weighted by Gasteiger charge is 2.32. The Morgan fingerprint density at radius 3 is 2.74 bits per heavy atom. The maximum absolute atomic E-state index is 13.3. The zero-order valence-corrected chi connectivity index (χ0v) is 11.7. The summed E-state index contributed by atoms with van der Waals surface area (Å²) in [5.41, 5.74) is 1.28. The number of carbonyl (C=O) groups is 1. The molecule has 1 heterocycles. The Hall–Kier alpha value is -1.46. The summed E-state index contributed by atoms with van der Waals surface area (Å²) < 4.78 is 13.3. The van der Waals surface area contributed by atoms with Crippen LogP contribution in [-0.2, 0) is 4.79 Å². The van der Waals surface area contributed by atoms with Crippen molar-refractivity contribution in [3.63, 3.8) is 0 Å². The first-order chi connectivity index (χ1) is 8.81. The van der Waals surface area contributed by atoms with E-state index in [4.69, 9.17) is 0 Å². The number of hydrogen-bond donors (Lipinski definition) is 2. The van der Waals surface area contributed by atoms with Gasteiger partial charge in [-0.25, -0.2) is 4.39 Å². The van der Waals surface area contributed by atoms with E-state index in [0.717, 1.165) is 0 Å². The lowest BCUT2D eigenvalue weighted by Crippen LogP contribution is -2.48. The van der Waals surface area contributed by atoms with Gasteiger partial charge in [0.15, 0.2) is 0 Å². The molecule has 1 aromatic carbocycles. The van der Waals surface area contributed by atoms with Crippen LogP contribution in [0.3, 0.4) is 0 Å².